The highest BCUT2D eigenvalue weighted by molar-refractivity contribution is 6.35. The zero-order chi connectivity index (χ0) is 26.4. The molecule has 0 fully saturated rings. The SMILES string of the molecule is O=C1CCCC2=C1C(c1cc(Cl)cc(Cl)c1Oc1ccc([N+](=O)[O-])cc1[N+](=O)[O-])C1=C(CCCC1=O)N2. The van der Waals surface area contributed by atoms with Crippen LogP contribution in [0.1, 0.15) is 50.0 Å². The van der Waals surface area contributed by atoms with Gasteiger partial charge in [-0.1, -0.05) is 23.2 Å². The van der Waals surface area contributed by atoms with E-state index < -0.39 is 27.1 Å². The van der Waals surface area contributed by atoms with Crippen LogP contribution in [0.4, 0.5) is 11.4 Å². The Hall–Kier alpha value is -3.76. The molecular weight excluding hydrogens is 525 g/mol. The van der Waals surface area contributed by atoms with Gasteiger partial charge in [-0.15, -0.1) is 0 Å². The molecule has 0 saturated carbocycles. The van der Waals surface area contributed by atoms with E-state index in [1.165, 1.54) is 12.1 Å². The second kappa shape index (κ2) is 9.60. The predicted octanol–water partition coefficient (Wildman–Crippen LogP) is 6.30. The summed E-state index contributed by atoms with van der Waals surface area (Å²) in [7, 11) is 0. The van der Waals surface area contributed by atoms with Gasteiger partial charge in [-0.2, -0.15) is 0 Å². The van der Waals surface area contributed by atoms with Crippen molar-refractivity contribution in [1.82, 2.24) is 5.32 Å². The Morgan fingerprint density at radius 2 is 1.49 bits per heavy atom. The van der Waals surface area contributed by atoms with Crippen molar-refractivity contribution in [3.05, 3.63) is 88.7 Å². The number of carbonyl (C=O) groups excluding carboxylic acids is 2. The first-order valence-corrected chi connectivity index (χ1v) is 12.3. The first kappa shape index (κ1) is 24.9. The van der Waals surface area contributed by atoms with E-state index in [0.29, 0.717) is 55.2 Å². The number of dihydropyridines is 1. The van der Waals surface area contributed by atoms with Crippen LogP contribution in [-0.2, 0) is 9.59 Å². The molecule has 2 aromatic carbocycles. The predicted molar refractivity (Wildman–Crippen MR) is 134 cm³/mol. The minimum atomic E-state index is -0.824. The topological polar surface area (TPSA) is 142 Å². The molecule has 1 heterocycles. The van der Waals surface area contributed by atoms with Crippen LogP contribution in [-0.4, -0.2) is 21.4 Å². The van der Waals surface area contributed by atoms with Crippen molar-refractivity contribution >= 4 is 46.1 Å². The molecule has 12 heteroatoms. The summed E-state index contributed by atoms with van der Waals surface area (Å²) in [5, 5.41) is 26.4. The molecule has 0 saturated heterocycles. The van der Waals surface area contributed by atoms with Crippen molar-refractivity contribution in [2.75, 3.05) is 0 Å². The van der Waals surface area contributed by atoms with Gasteiger partial charge in [0.1, 0.15) is 0 Å². The van der Waals surface area contributed by atoms with Crippen LogP contribution in [0, 0.1) is 20.2 Å². The molecule has 1 aliphatic heterocycles. The van der Waals surface area contributed by atoms with Gasteiger partial charge in [-0.25, -0.2) is 0 Å². The zero-order valence-electron chi connectivity index (χ0n) is 19.2. The van der Waals surface area contributed by atoms with E-state index >= 15 is 0 Å². The van der Waals surface area contributed by atoms with Crippen LogP contribution in [0.2, 0.25) is 10.0 Å². The highest BCUT2D eigenvalue weighted by atomic mass is 35.5. The average Bonchev–Trinajstić information content (AvgIpc) is 2.84. The number of halogens is 2. The van der Waals surface area contributed by atoms with Crippen molar-refractivity contribution in [2.45, 2.75) is 44.4 Å². The lowest BCUT2D eigenvalue weighted by atomic mass is 9.71. The van der Waals surface area contributed by atoms with Crippen molar-refractivity contribution in [2.24, 2.45) is 0 Å². The van der Waals surface area contributed by atoms with Crippen molar-refractivity contribution in [3.8, 4) is 11.5 Å². The number of rotatable bonds is 5. The first-order valence-electron chi connectivity index (χ1n) is 11.5. The van der Waals surface area contributed by atoms with Crippen LogP contribution in [0.3, 0.4) is 0 Å². The number of nitro benzene ring substituents is 2. The standard InChI is InChI=1S/C25H19Cl2N3O7/c26-12-9-14(22-23-16(3-1-5-19(23)31)28-17-4-2-6-20(32)24(17)22)25(15(27)10-12)37-21-8-7-13(29(33)34)11-18(21)30(35)36/h7-11,22,28H,1-6H2. The molecule has 1 N–H and O–H groups in total. The number of benzene rings is 2. The number of ether oxygens (including phenoxy) is 1. The van der Waals surface area contributed by atoms with Crippen LogP contribution in [0.15, 0.2) is 52.9 Å². The van der Waals surface area contributed by atoms with Gasteiger partial charge in [0.15, 0.2) is 17.3 Å². The maximum absolute atomic E-state index is 13.2. The van der Waals surface area contributed by atoms with Gasteiger partial charge in [0, 0.05) is 58.0 Å². The van der Waals surface area contributed by atoms with E-state index in [2.05, 4.69) is 5.32 Å². The molecular formula is C25H19Cl2N3O7. The fourth-order valence-electron chi connectivity index (χ4n) is 5.15. The maximum atomic E-state index is 13.2. The molecule has 5 rings (SSSR count). The number of nitrogens with one attached hydrogen (secondary N) is 1. The number of allylic oxidation sites excluding steroid dienone is 4. The Balaban J connectivity index is 1.72. The van der Waals surface area contributed by atoms with E-state index in [0.717, 1.165) is 29.6 Å². The minimum absolute atomic E-state index is 0.00417. The van der Waals surface area contributed by atoms with E-state index in [1.54, 1.807) is 0 Å². The summed E-state index contributed by atoms with van der Waals surface area (Å²) in [5.74, 6) is -1.37. The summed E-state index contributed by atoms with van der Waals surface area (Å²) in [5.41, 5.74) is 1.53. The first-order chi connectivity index (χ1) is 17.7. The highest BCUT2D eigenvalue weighted by Gasteiger charge is 2.42. The van der Waals surface area contributed by atoms with Gasteiger partial charge >= 0.3 is 5.69 Å². The van der Waals surface area contributed by atoms with Gasteiger partial charge in [-0.05, 0) is 43.9 Å². The largest absolute Gasteiger partial charge is 0.448 e. The van der Waals surface area contributed by atoms with E-state index in [-0.39, 0.29) is 33.1 Å². The summed E-state index contributed by atoms with van der Waals surface area (Å²) in [6.45, 7) is 0. The number of nitrogens with zero attached hydrogens (tertiary/aromatic N) is 2. The van der Waals surface area contributed by atoms with Crippen LogP contribution in [0.5, 0.6) is 11.5 Å². The number of non-ortho nitro benzene ring substituents is 1. The number of Topliss-reactive ketones (excluding diaryl/α,β-unsaturated/α-hetero) is 2. The number of nitro groups is 2. The number of hydrogen-bond donors (Lipinski definition) is 1. The van der Waals surface area contributed by atoms with Gasteiger partial charge < -0.3 is 10.1 Å². The van der Waals surface area contributed by atoms with Gasteiger partial charge in [0.25, 0.3) is 5.69 Å². The highest BCUT2D eigenvalue weighted by Crippen LogP contribution is 2.51. The van der Waals surface area contributed by atoms with Crippen LogP contribution < -0.4 is 10.1 Å². The van der Waals surface area contributed by atoms with Crippen LogP contribution in [0.25, 0.3) is 0 Å². The van der Waals surface area contributed by atoms with Gasteiger partial charge in [0.05, 0.1) is 20.9 Å². The fraction of sp³-hybridized carbons (Fsp3) is 0.280. The van der Waals surface area contributed by atoms with Crippen LogP contribution >= 0.6 is 23.2 Å². The van der Waals surface area contributed by atoms with Gasteiger partial charge in [-0.3, -0.25) is 29.8 Å². The molecule has 0 unspecified atom stereocenters. The number of carbonyl (C=O) groups is 2. The molecule has 0 amide bonds. The van der Waals surface area contributed by atoms with Crippen molar-refractivity contribution in [1.29, 1.82) is 0 Å². The fourth-order valence-corrected chi connectivity index (χ4v) is 5.70. The monoisotopic (exact) mass is 543 g/mol. The third-order valence-corrected chi connectivity index (χ3v) is 7.20. The third-order valence-electron chi connectivity index (χ3n) is 6.70. The average molecular weight is 544 g/mol. The summed E-state index contributed by atoms with van der Waals surface area (Å²) >= 11 is 12.9. The molecule has 3 aliphatic rings. The second-order valence-electron chi connectivity index (χ2n) is 8.97. The molecule has 0 spiro atoms. The molecule has 37 heavy (non-hydrogen) atoms. The molecule has 0 atom stereocenters. The van der Waals surface area contributed by atoms with Gasteiger partial charge in [0.2, 0.25) is 5.75 Å². The van der Waals surface area contributed by atoms with E-state index in [4.69, 9.17) is 27.9 Å². The lowest BCUT2D eigenvalue weighted by Crippen LogP contribution is -2.36. The summed E-state index contributed by atoms with van der Waals surface area (Å²) in [4.78, 5) is 47.7. The summed E-state index contributed by atoms with van der Waals surface area (Å²) < 4.78 is 5.96. The summed E-state index contributed by atoms with van der Waals surface area (Å²) in [6, 6.07) is 5.90. The molecule has 2 aromatic rings. The second-order valence-corrected chi connectivity index (χ2v) is 9.81. The van der Waals surface area contributed by atoms with E-state index in [1.807, 2.05) is 0 Å². The number of hydrogen-bond acceptors (Lipinski definition) is 8. The molecule has 2 aliphatic carbocycles. The Bertz CT molecular complexity index is 1420. The lowest BCUT2D eigenvalue weighted by Gasteiger charge is -2.37. The molecule has 0 aromatic heterocycles. The lowest BCUT2D eigenvalue weighted by molar-refractivity contribution is -0.394. The number of ketones is 2. The smallest absolute Gasteiger partial charge is 0.318 e. The molecule has 190 valence electrons. The molecule has 0 radical (unpaired) electrons. The third kappa shape index (κ3) is 4.47. The Kier molecular flexibility index (Phi) is 6.47. The van der Waals surface area contributed by atoms with Crippen molar-refractivity contribution in [3.63, 3.8) is 0 Å². The van der Waals surface area contributed by atoms with E-state index in [9.17, 15) is 29.8 Å². The Morgan fingerprint density at radius 1 is 0.865 bits per heavy atom. The molecule has 10 nitrogen and oxygen atoms in total. The maximum Gasteiger partial charge on any atom is 0.318 e. The zero-order valence-corrected chi connectivity index (χ0v) is 20.7. The quantitative estimate of drug-likeness (QED) is 0.341. The Labute approximate surface area is 220 Å². The summed E-state index contributed by atoms with van der Waals surface area (Å²) in [6.07, 6.45) is 3.21. The normalized spacial score (nSPS) is 17.8. The Morgan fingerprint density at radius 3 is 2.05 bits per heavy atom. The van der Waals surface area contributed by atoms with Crippen molar-refractivity contribution < 1.29 is 24.2 Å². The minimum Gasteiger partial charge on any atom is -0.448 e. The molecule has 0 bridgehead atoms.